The Morgan fingerprint density at radius 2 is 1.26 bits per heavy atom. The molecule has 0 spiro atoms. The minimum Gasteiger partial charge on any atom is -0.461 e. The minimum atomic E-state index is -0.350. The van der Waals surface area contributed by atoms with Crippen molar-refractivity contribution in [2.45, 2.75) is 124 Å². The molecule has 31 heavy (non-hydrogen) atoms. The van der Waals surface area contributed by atoms with Crippen LogP contribution in [-0.2, 0) is 19.1 Å². The molecule has 0 aromatic rings. The van der Waals surface area contributed by atoms with Crippen molar-refractivity contribution in [3.63, 3.8) is 0 Å². The molecule has 0 amide bonds. The summed E-state index contributed by atoms with van der Waals surface area (Å²) in [5, 5.41) is 0. The Morgan fingerprint density at radius 1 is 0.774 bits per heavy atom. The van der Waals surface area contributed by atoms with E-state index >= 15 is 0 Å². The predicted molar refractivity (Wildman–Crippen MR) is 132 cm³/mol. The number of ether oxygens (including phenoxy) is 2. The van der Waals surface area contributed by atoms with Gasteiger partial charge in [0.2, 0.25) is 0 Å². The van der Waals surface area contributed by atoms with Gasteiger partial charge in [0.1, 0.15) is 6.61 Å². The van der Waals surface area contributed by atoms with E-state index in [-0.39, 0.29) is 17.4 Å². The van der Waals surface area contributed by atoms with E-state index in [1.54, 1.807) is 6.08 Å². The van der Waals surface area contributed by atoms with Gasteiger partial charge in [-0.2, -0.15) is 0 Å². The van der Waals surface area contributed by atoms with Crippen LogP contribution < -0.4 is 0 Å². The topological polar surface area (TPSA) is 52.6 Å². The molecule has 182 valence electrons. The van der Waals surface area contributed by atoms with Crippen molar-refractivity contribution < 1.29 is 19.1 Å². The quantitative estimate of drug-likeness (QED) is 0.0880. The Labute approximate surface area is 192 Å². The summed E-state index contributed by atoms with van der Waals surface area (Å²) in [7, 11) is 0. The van der Waals surface area contributed by atoms with E-state index in [9.17, 15) is 9.59 Å². The Morgan fingerprint density at radius 3 is 1.74 bits per heavy atom. The molecule has 0 aliphatic carbocycles. The van der Waals surface area contributed by atoms with Crippen molar-refractivity contribution in [1.29, 1.82) is 0 Å². The SMILES string of the molecule is C=CCOC(=O)C(C)(C)CCCCCC.C=COC(=O)CCCCCCCCCCC. The summed E-state index contributed by atoms with van der Waals surface area (Å²) in [4.78, 5) is 22.6. The molecule has 0 N–H and O–H groups in total. The first kappa shape index (κ1) is 31.6. The van der Waals surface area contributed by atoms with Crippen molar-refractivity contribution in [2.75, 3.05) is 6.61 Å². The van der Waals surface area contributed by atoms with Crippen molar-refractivity contribution in [1.82, 2.24) is 0 Å². The molecule has 4 heteroatoms. The van der Waals surface area contributed by atoms with Gasteiger partial charge in [0.05, 0.1) is 11.7 Å². The molecule has 0 radical (unpaired) electrons. The predicted octanol–water partition coefficient (Wildman–Crippen LogP) is 8.31. The zero-order chi connectivity index (χ0) is 23.8. The molecule has 0 rings (SSSR count). The number of carbonyl (C=O) groups is 2. The maximum Gasteiger partial charge on any atom is 0.311 e. The maximum absolute atomic E-state index is 11.6. The average Bonchev–Trinajstić information content (AvgIpc) is 2.74. The average molecular weight is 439 g/mol. The number of carbonyl (C=O) groups excluding carboxylic acids is 2. The van der Waals surface area contributed by atoms with Crippen molar-refractivity contribution >= 4 is 11.9 Å². The molecule has 0 saturated carbocycles. The van der Waals surface area contributed by atoms with Gasteiger partial charge >= 0.3 is 11.9 Å². The largest absolute Gasteiger partial charge is 0.461 e. The lowest BCUT2D eigenvalue weighted by Gasteiger charge is -2.21. The highest BCUT2D eigenvalue weighted by atomic mass is 16.5. The number of hydrogen-bond donors (Lipinski definition) is 0. The van der Waals surface area contributed by atoms with Gasteiger partial charge in [-0.3, -0.25) is 9.59 Å². The molecular formula is C27H50O4. The molecule has 0 heterocycles. The van der Waals surface area contributed by atoms with Crippen LogP contribution in [0.15, 0.2) is 25.5 Å². The highest BCUT2D eigenvalue weighted by Gasteiger charge is 2.28. The smallest absolute Gasteiger partial charge is 0.311 e. The van der Waals surface area contributed by atoms with E-state index < -0.39 is 0 Å². The van der Waals surface area contributed by atoms with Crippen LogP contribution in [0.25, 0.3) is 0 Å². The van der Waals surface area contributed by atoms with Crippen LogP contribution >= 0.6 is 0 Å². The Balaban J connectivity index is 0. The number of esters is 2. The summed E-state index contributed by atoms with van der Waals surface area (Å²) < 4.78 is 9.69. The van der Waals surface area contributed by atoms with Crippen LogP contribution in [-0.4, -0.2) is 18.5 Å². The van der Waals surface area contributed by atoms with Gasteiger partial charge in [0.15, 0.2) is 0 Å². The summed E-state index contributed by atoms with van der Waals surface area (Å²) in [5.74, 6) is -0.267. The molecular weight excluding hydrogens is 388 g/mol. The van der Waals surface area contributed by atoms with Crippen LogP contribution in [0.3, 0.4) is 0 Å². The fourth-order valence-corrected chi connectivity index (χ4v) is 3.16. The lowest BCUT2D eigenvalue weighted by atomic mass is 9.87. The summed E-state index contributed by atoms with van der Waals surface area (Å²) in [6.07, 6.45) is 20.4. The number of unbranched alkanes of at least 4 members (excludes halogenated alkanes) is 11. The third-order valence-electron chi connectivity index (χ3n) is 5.24. The second-order valence-electron chi connectivity index (χ2n) is 8.82. The van der Waals surface area contributed by atoms with E-state index in [1.807, 2.05) is 13.8 Å². The van der Waals surface area contributed by atoms with Gasteiger partial charge in [-0.1, -0.05) is 110 Å². The van der Waals surface area contributed by atoms with Crippen molar-refractivity contribution in [3.8, 4) is 0 Å². The van der Waals surface area contributed by atoms with Gasteiger partial charge in [0.25, 0.3) is 0 Å². The van der Waals surface area contributed by atoms with E-state index in [1.165, 1.54) is 70.5 Å². The molecule has 0 bridgehead atoms. The molecule has 0 aliphatic heterocycles. The first-order chi connectivity index (χ1) is 14.9. The zero-order valence-electron chi connectivity index (χ0n) is 21.0. The van der Waals surface area contributed by atoms with E-state index in [4.69, 9.17) is 4.74 Å². The third kappa shape index (κ3) is 22.9. The van der Waals surface area contributed by atoms with E-state index in [0.29, 0.717) is 13.0 Å². The van der Waals surface area contributed by atoms with Gasteiger partial charge in [0, 0.05) is 6.42 Å². The third-order valence-corrected chi connectivity index (χ3v) is 5.24. The van der Waals surface area contributed by atoms with Crippen LogP contribution in [0, 0.1) is 5.41 Å². The fraction of sp³-hybridized carbons (Fsp3) is 0.778. The maximum atomic E-state index is 11.6. The monoisotopic (exact) mass is 438 g/mol. The summed E-state index contributed by atoms with van der Waals surface area (Å²) in [5.41, 5.74) is -0.350. The molecule has 0 aromatic carbocycles. The molecule has 0 atom stereocenters. The Bertz CT molecular complexity index is 454. The standard InChI is InChI=1S/C14H26O2.C13H24O2/c1-3-5-6-7-8-9-10-11-12-13-14(15)16-4-2;1-5-7-8-9-10-13(3,4)12(14)15-11-6-2/h4H,2-3,5-13H2,1H3;6H,2,5,7-11H2,1,3-4H3. The normalized spacial score (nSPS) is 10.6. The summed E-state index contributed by atoms with van der Waals surface area (Å²) in [6.45, 7) is 15.5. The number of hydrogen-bond acceptors (Lipinski definition) is 4. The minimum absolute atomic E-state index is 0.112. The molecule has 0 saturated heterocycles. The highest BCUT2D eigenvalue weighted by molar-refractivity contribution is 5.75. The molecule has 4 nitrogen and oxygen atoms in total. The molecule has 0 unspecified atom stereocenters. The second kappa shape index (κ2) is 23.1. The van der Waals surface area contributed by atoms with Crippen LogP contribution in [0.4, 0.5) is 0 Å². The molecule has 0 aliphatic rings. The molecule has 0 aromatic heterocycles. The first-order valence-corrected chi connectivity index (χ1v) is 12.4. The summed E-state index contributed by atoms with van der Waals surface area (Å²) in [6, 6.07) is 0. The zero-order valence-corrected chi connectivity index (χ0v) is 21.0. The van der Waals surface area contributed by atoms with E-state index in [2.05, 4.69) is 31.7 Å². The Kier molecular flexibility index (Phi) is 23.5. The lowest BCUT2D eigenvalue weighted by Crippen LogP contribution is -2.26. The second-order valence-corrected chi connectivity index (χ2v) is 8.82. The van der Waals surface area contributed by atoms with Crippen LogP contribution in [0.2, 0.25) is 0 Å². The van der Waals surface area contributed by atoms with Crippen LogP contribution in [0.5, 0.6) is 0 Å². The van der Waals surface area contributed by atoms with Gasteiger partial charge in [-0.25, -0.2) is 0 Å². The van der Waals surface area contributed by atoms with Crippen LogP contribution in [0.1, 0.15) is 124 Å². The summed E-state index contributed by atoms with van der Waals surface area (Å²) >= 11 is 0. The van der Waals surface area contributed by atoms with Gasteiger partial charge < -0.3 is 9.47 Å². The lowest BCUT2D eigenvalue weighted by molar-refractivity contribution is -0.153. The van der Waals surface area contributed by atoms with Crippen molar-refractivity contribution in [3.05, 3.63) is 25.5 Å². The van der Waals surface area contributed by atoms with E-state index in [0.717, 1.165) is 25.7 Å². The van der Waals surface area contributed by atoms with Crippen molar-refractivity contribution in [2.24, 2.45) is 5.41 Å². The number of rotatable bonds is 19. The Hall–Kier alpha value is -1.58. The highest BCUT2D eigenvalue weighted by Crippen LogP contribution is 2.25. The van der Waals surface area contributed by atoms with Gasteiger partial charge in [-0.05, 0) is 26.7 Å². The van der Waals surface area contributed by atoms with Gasteiger partial charge in [-0.15, -0.1) is 0 Å². The fourth-order valence-electron chi connectivity index (χ4n) is 3.16. The molecule has 0 fully saturated rings. The first-order valence-electron chi connectivity index (χ1n) is 12.4.